The topological polar surface area (TPSA) is 30.0 Å². The van der Waals surface area contributed by atoms with Gasteiger partial charge in [-0.2, -0.15) is 0 Å². The van der Waals surface area contributed by atoms with E-state index in [0.29, 0.717) is 23.2 Å². The highest BCUT2D eigenvalue weighted by atomic mass is 19.1. The maximum atomic E-state index is 13.7. The highest BCUT2D eigenvalue weighted by Gasteiger charge is 2.32. The minimum atomic E-state index is -0.528. The Kier molecular flexibility index (Phi) is 5.15. The fourth-order valence-electron chi connectivity index (χ4n) is 3.08. The molecule has 0 spiro atoms. The molecule has 0 fully saturated rings. The third kappa shape index (κ3) is 3.96. The minimum Gasteiger partial charge on any atom is -0.299 e. The third-order valence-corrected chi connectivity index (χ3v) is 4.11. The average molecular weight is 311 g/mol. The van der Waals surface area contributed by atoms with Crippen molar-refractivity contribution in [3.8, 4) is 12.3 Å². The van der Waals surface area contributed by atoms with E-state index in [-0.39, 0.29) is 18.0 Å². The number of pyridine rings is 1. The lowest BCUT2D eigenvalue weighted by atomic mass is 9.74. The summed E-state index contributed by atoms with van der Waals surface area (Å²) in [5, 5.41) is 0.706. The molecule has 3 heteroatoms. The average Bonchev–Trinajstić information content (AvgIpc) is 2.46. The van der Waals surface area contributed by atoms with Crippen molar-refractivity contribution < 1.29 is 9.18 Å². The van der Waals surface area contributed by atoms with E-state index in [0.717, 1.165) is 12.0 Å². The second-order valence-electron chi connectivity index (χ2n) is 6.79. The number of hydrogen-bond donors (Lipinski definition) is 0. The van der Waals surface area contributed by atoms with E-state index >= 15 is 0 Å². The van der Waals surface area contributed by atoms with Gasteiger partial charge in [0.2, 0.25) is 0 Å². The van der Waals surface area contributed by atoms with Gasteiger partial charge in [-0.1, -0.05) is 32.9 Å². The van der Waals surface area contributed by atoms with Gasteiger partial charge in [-0.05, 0) is 30.0 Å². The first-order valence-corrected chi connectivity index (χ1v) is 7.85. The number of aromatic nitrogens is 1. The minimum absolute atomic E-state index is 0.113. The number of halogens is 1. The largest absolute Gasteiger partial charge is 0.299 e. The van der Waals surface area contributed by atoms with E-state index in [9.17, 15) is 9.18 Å². The molecule has 0 bridgehead atoms. The molecule has 0 saturated heterocycles. The lowest BCUT2D eigenvalue weighted by molar-refractivity contribution is -0.127. The first-order valence-electron chi connectivity index (χ1n) is 7.85. The van der Waals surface area contributed by atoms with Gasteiger partial charge in [0.15, 0.2) is 0 Å². The summed E-state index contributed by atoms with van der Waals surface area (Å²) < 4.78 is 13.7. The van der Waals surface area contributed by atoms with E-state index in [2.05, 4.69) is 24.8 Å². The van der Waals surface area contributed by atoms with Crippen LogP contribution in [0.15, 0.2) is 30.5 Å². The number of fused-ring (bicyclic) bond motifs is 1. The van der Waals surface area contributed by atoms with Crippen molar-refractivity contribution >= 4 is 16.7 Å². The monoisotopic (exact) mass is 311 g/mol. The molecule has 0 N–H and O–H groups in total. The highest BCUT2D eigenvalue weighted by Crippen LogP contribution is 2.32. The maximum Gasteiger partial charge on any atom is 0.149 e. The number of Topliss-reactive ketones (excluding diaryl/α,β-unsaturated/α-hetero) is 1. The van der Waals surface area contributed by atoms with E-state index in [1.54, 1.807) is 18.3 Å². The molecule has 0 aliphatic carbocycles. The molecule has 1 aromatic carbocycles. The number of benzene rings is 1. The van der Waals surface area contributed by atoms with Crippen LogP contribution in [0, 0.1) is 29.5 Å². The summed E-state index contributed by atoms with van der Waals surface area (Å²) in [7, 11) is 0. The second kappa shape index (κ2) is 6.91. The Hall–Kier alpha value is -2.21. The number of ketones is 1. The van der Waals surface area contributed by atoms with Crippen molar-refractivity contribution in [3.63, 3.8) is 0 Å². The summed E-state index contributed by atoms with van der Waals surface area (Å²) >= 11 is 0. The summed E-state index contributed by atoms with van der Waals surface area (Å²) in [4.78, 5) is 16.9. The molecule has 0 saturated carbocycles. The lowest BCUT2D eigenvalue weighted by Crippen LogP contribution is -2.30. The van der Waals surface area contributed by atoms with Crippen LogP contribution < -0.4 is 0 Å². The molecule has 2 nitrogen and oxygen atoms in total. The van der Waals surface area contributed by atoms with Crippen molar-refractivity contribution in [2.45, 2.75) is 40.0 Å². The Bertz CT molecular complexity index is 760. The van der Waals surface area contributed by atoms with Crippen LogP contribution in [0.1, 0.15) is 39.2 Å². The van der Waals surface area contributed by atoms with E-state index in [1.165, 1.54) is 6.07 Å². The van der Waals surface area contributed by atoms with Crippen molar-refractivity contribution in [2.24, 2.45) is 11.3 Å². The van der Waals surface area contributed by atoms with Crippen LogP contribution in [-0.4, -0.2) is 10.8 Å². The van der Waals surface area contributed by atoms with Gasteiger partial charge < -0.3 is 0 Å². The molecule has 0 amide bonds. The van der Waals surface area contributed by atoms with Crippen LogP contribution in [-0.2, 0) is 11.2 Å². The molecule has 0 aliphatic rings. The number of nitrogens with zero attached hydrogens (tertiary/aromatic N) is 1. The predicted octanol–water partition coefficient (Wildman–Crippen LogP) is 4.56. The van der Waals surface area contributed by atoms with Crippen molar-refractivity contribution in [3.05, 3.63) is 41.8 Å². The Balaban J connectivity index is 2.26. The van der Waals surface area contributed by atoms with E-state index < -0.39 is 5.41 Å². The van der Waals surface area contributed by atoms with Crippen LogP contribution in [0.25, 0.3) is 10.9 Å². The van der Waals surface area contributed by atoms with Gasteiger partial charge in [0.25, 0.3) is 0 Å². The third-order valence-electron chi connectivity index (χ3n) is 4.11. The van der Waals surface area contributed by atoms with Crippen LogP contribution in [0.5, 0.6) is 0 Å². The Morgan fingerprint density at radius 1 is 1.43 bits per heavy atom. The van der Waals surface area contributed by atoms with Gasteiger partial charge in [0, 0.05) is 29.8 Å². The molecule has 2 rings (SSSR count). The fraction of sp³-hybridized carbons (Fsp3) is 0.400. The van der Waals surface area contributed by atoms with Gasteiger partial charge in [0.05, 0.1) is 0 Å². The van der Waals surface area contributed by atoms with Crippen LogP contribution >= 0.6 is 0 Å². The number of terminal acetylenes is 1. The zero-order chi connectivity index (χ0) is 17.0. The van der Waals surface area contributed by atoms with Gasteiger partial charge >= 0.3 is 0 Å². The second-order valence-corrected chi connectivity index (χ2v) is 6.79. The molecular weight excluding hydrogens is 289 g/mol. The fourth-order valence-corrected chi connectivity index (χ4v) is 3.08. The Morgan fingerprint density at radius 2 is 2.17 bits per heavy atom. The van der Waals surface area contributed by atoms with Crippen molar-refractivity contribution in [1.82, 2.24) is 4.98 Å². The summed E-state index contributed by atoms with van der Waals surface area (Å²) in [5.74, 6) is 2.78. The maximum absolute atomic E-state index is 13.7. The molecule has 0 radical (unpaired) electrons. The smallest absolute Gasteiger partial charge is 0.149 e. The number of carbonyl (C=O) groups excluding carboxylic acids is 1. The van der Waals surface area contributed by atoms with Gasteiger partial charge in [-0.3, -0.25) is 9.78 Å². The van der Waals surface area contributed by atoms with Crippen LogP contribution in [0.2, 0.25) is 0 Å². The predicted molar refractivity (Wildman–Crippen MR) is 91.4 cm³/mol. The number of hydrogen-bond acceptors (Lipinski definition) is 2. The molecule has 1 atom stereocenters. The number of rotatable bonds is 6. The first-order chi connectivity index (χ1) is 10.9. The molecule has 1 aromatic heterocycles. The summed E-state index contributed by atoms with van der Waals surface area (Å²) in [6.45, 7) is 6.11. The zero-order valence-corrected chi connectivity index (χ0v) is 13.9. The van der Waals surface area contributed by atoms with E-state index in [4.69, 9.17) is 6.42 Å². The summed E-state index contributed by atoms with van der Waals surface area (Å²) in [5.41, 5.74) is 0.595. The quantitative estimate of drug-likeness (QED) is 0.732. The molecule has 2 aromatic rings. The first kappa shape index (κ1) is 17.1. The zero-order valence-electron chi connectivity index (χ0n) is 13.9. The Morgan fingerprint density at radius 3 is 2.83 bits per heavy atom. The number of para-hydroxylation sites is 1. The standard InChI is InChI=1S/C20H22FNO/c1-5-9-20(4,12-14(2)3)18(23)11-15-10-16-7-6-8-17(21)19(16)22-13-15/h1,6-8,10,13-14H,9,11-12H2,2-4H3. The van der Waals surface area contributed by atoms with Gasteiger partial charge in [-0.15, -0.1) is 12.3 Å². The molecule has 23 heavy (non-hydrogen) atoms. The van der Waals surface area contributed by atoms with E-state index in [1.807, 2.05) is 13.0 Å². The molecular formula is C20H22FNO. The van der Waals surface area contributed by atoms with Gasteiger partial charge in [-0.25, -0.2) is 4.39 Å². The summed E-state index contributed by atoms with van der Waals surface area (Å²) in [6, 6.07) is 6.65. The molecule has 0 aliphatic heterocycles. The van der Waals surface area contributed by atoms with Crippen LogP contribution in [0.3, 0.4) is 0 Å². The van der Waals surface area contributed by atoms with Gasteiger partial charge in [0.1, 0.15) is 17.1 Å². The highest BCUT2D eigenvalue weighted by molar-refractivity contribution is 5.88. The normalized spacial score (nSPS) is 13.7. The molecule has 1 unspecified atom stereocenters. The SMILES string of the molecule is C#CCC(C)(CC(C)C)C(=O)Cc1cnc2c(F)cccc2c1. The molecule has 120 valence electrons. The lowest BCUT2D eigenvalue weighted by Gasteiger charge is -2.28. The Labute approximate surface area is 137 Å². The molecule has 1 heterocycles. The summed E-state index contributed by atoms with van der Waals surface area (Å²) in [6.07, 6.45) is 8.49. The number of carbonyl (C=O) groups is 1. The van der Waals surface area contributed by atoms with Crippen molar-refractivity contribution in [2.75, 3.05) is 0 Å². The van der Waals surface area contributed by atoms with Crippen molar-refractivity contribution in [1.29, 1.82) is 0 Å². The van der Waals surface area contributed by atoms with Crippen LogP contribution in [0.4, 0.5) is 4.39 Å².